The normalized spacial score (nSPS) is 28.6. The SMILES string of the molecule is CCC(CC#N)NCC1(C)CCCO1. The fourth-order valence-corrected chi connectivity index (χ4v) is 1.81. The molecule has 3 nitrogen and oxygen atoms in total. The monoisotopic (exact) mass is 196 g/mol. The molecule has 1 aliphatic heterocycles. The number of rotatable bonds is 5. The van der Waals surface area contributed by atoms with Gasteiger partial charge in [0.1, 0.15) is 0 Å². The topological polar surface area (TPSA) is 45.0 Å². The summed E-state index contributed by atoms with van der Waals surface area (Å²) in [6.07, 6.45) is 3.88. The van der Waals surface area contributed by atoms with Crippen LogP contribution in [-0.4, -0.2) is 24.8 Å². The second kappa shape index (κ2) is 5.33. The first-order chi connectivity index (χ1) is 6.70. The fraction of sp³-hybridized carbons (Fsp3) is 0.909. The van der Waals surface area contributed by atoms with Crippen LogP contribution in [0, 0.1) is 11.3 Å². The Labute approximate surface area is 86.4 Å². The lowest BCUT2D eigenvalue weighted by molar-refractivity contribution is 0.0187. The van der Waals surface area contributed by atoms with Crippen molar-refractivity contribution in [2.75, 3.05) is 13.2 Å². The molecule has 14 heavy (non-hydrogen) atoms. The largest absolute Gasteiger partial charge is 0.374 e. The molecule has 1 heterocycles. The first kappa shape index (κ1) is 11.5. The van der Waals surface area contributed by atoms with Crippen LogP contribution in [0.1, 0.15) is 39.5 Å². The van der Waals surface area contributed by atoms with E-state index in [2.05, 4.69) is 25.2 Å². The van der Waals surface area contributed by atoms with Gasteiger partial charge in [-0.15, -0.1) is 0 Å². The van der Waals surface area contributed by atoms with Crippen LogP contribution in [0.3, 0.4) is 0 Å². The van der Waals surface area contributed by atoms with Gasteiger partial charge >= 0.3 is 0 Å². The molecule has 1 fully saturated rings. The van der Waals surface area contributed by atoms with Crippen LogP contribution in [0.4, 0.5) is 0 Å². The second-order valence-electron chi connectivity index (χ2n) is 4.25. The van der Waals surface area contributed by atoms with Gasteiger partial charge in [0, 0.05) is 19.2 Å². The highest BCUT2D eigenvalue weighted by molar-refractivity contribution is 4.86. The van der Waals surface area contributed by atoms with Gasteiger partial charge in [0.15, 0.2) is 0 Å². The van der Waals surface area contributed by atoms with Gasteiger partial charge in [0.25, 0.3) is 0 Å². The molecule has 3 heteroatoms. The first-order valence-electron chi connectivity index (χ1n) is 5.44. The third kappa shape index (κ3) is 3.28. The molecule has 0 spiro atoms. The minimum absolute atomic E-state index is 0.00285. The molecule has 0 saturated carbocycles. The summed E-state index contributed by atoms with van der Waals surface area (Å²) < 4.78 is 5.67. The summed E-state index contributed by atoms with van der Waals surface area (Å²) in [5.74, 6) is 0. The molecule has 1 aliphatic rings. The van der Waals surface area contributed by atoms with E-state index >= 15 is 0 Å². The highest BCUT2D eigenvalue weighted by atomic mass is 16.5. The molecule has 0 aromatic heterocycles. The molecular formula is C11H20N2O. The van der Waals surface area contributed by atoms with Crippen molar-refractivity contribution >= 4 is 0 Å². The van der Waals surface area contributed by atoms with E-state index in [9.17, 15) is 0 Å². The van der Waals surface area contributed by atoms with E-state index in [4.69, 9.17) is 10.00 Å². The molecule has 0 amide bonds. The molecule has 0 radical (unpaired) electrons. The smallest absolute Gasteiger partial charge is 0.0779 e. The molecular weight excluding hydrogens is 176 g/mol. The summed E-state index contributed by atoms with van der Waals surface area (Å²) in [6.45, 7) is 6.00. The number of nitriles is 1. The summed E-state index contributed by atoms with van der Waals surface area (Å²) in [5, 5.41) is 12.0. The van der Waals surface area contributed by atoms with E-state index in [1.54, 1.807) is 0 Å². The van der Waals surface area contributed by atoms with Gasteiger partial charge in [0.05, 0.1) is 18.1 Å². The number of nitrogens with zero attached hydrogens (tertiary/aromatic N) is 1. The van der Waals surface area contributed by atoms with Crippen LogP contribution in [0.5, 0.6) is 0 Å². The van der Waals surface area contributed by atoms with Crippen LogP contribution in [-0.2, 0) is 4.74 Å². The molecule has 80 valence electrons. The van der Waals surface area contributed by atoms with Gasteiger partial charge < -0.3 is 10.1 Å². The van der Waals surface area contributed by atoms with Crippen molar-refractivity contribution in [3.8, 4) is 6.07 Å². The lowest BCUT2D eigenvalue weighted by Crippen LogP contribution is -2.41. The van der Waals surface area contributed by atoms with Crippen LogP contribution in [0.25, 0.3) is 0 Å². The van der Waals surface area contributed by atoms with Gasteiger partial charge in [-0.1, -0.05) is 6.92 Å². The van der Waals surface area contributed by atoms with E-state index in [1.807, 2.05) is 0 Å². The van der Waals surface area contributed by atoms with Crippen molar-refractivity contribution in [1.29, 1.82) is 5.26 Å². The Kier molecular flexibility index (Phi) is 4.37. The van der Waals surface area contributed by atoms with Crippen LogP contribution in [0.2, 0.25) is 0 Å². The first-order valence-corrected chi connectivity index (χ1v) is 5.44. The summed E-state index contributed by atoms with van der Waals surface area (Å²) in [6, 6.07) is 2.52. The molecule has 2 unspecified atom stereocenters. The van der Waals surface area contributed by atoms with Crippen molar-refractivity contribution in [3.63, 3.8) is 0 Å². The van der Waals surface area contributed by atoms with Crippen molar-refractivity contribution in [2.45, 2.75) is 51.2 Å². The number of ether oxygens (including phenoxy) is 1. The second-order valence-corrected chi connectivity index (χ2v) is 4.25. The predicted molar refractivity (Wildman–Crippen MR) is 55.9 cm³/mol. The van der Waals surface area contributed by atoms with Crippen LogP contribution < -0.4 is 5.32 Å². The zero-order chi connectivity index (χ0) is 10.4. The average Bonchev–Trinajstić information content (AvgIpc) is 2.60. The van der Waals surface area contributed by atoms with Crippen LogP contribution in [0.15, 0.2) is 0 Å². The van der Waals surface area contributed by atoms with Crippen LogP contribution >= 0.6 is 0 Å². The summed E-state index contributed by atoms with van der Waals surface area (Å²) >= 11 is 0. The standard InChI is InChI=1S/C11H20N2O/c1-3-10(5-7-12)13-9-11(2)6-4-8-14-11/h10,13H,3-6,8-9H2,1-2H3. The van der Waals surface area contributed by atoms with Gasteiger partial charge in [-0.2, -0.15) is 5.26 Å². The van der Waals surface area contributed by atoms with Crippen molar-refractivity contribution in [1.82, 2.24) is 5.32 Å². The maximum atomic E-state index is 8.60. The highest BCUT2D eigenvalue weighted by Crippen LogP contribution is 2.24. The van der Waals surface area contributed by atoms with Gasteiger partial charge in [-0.05, 0) is 26.2 Å². The van der Waals surface area contributed by atoms with Gasteiger partial charge in [-0.3, -0.25) is 0 Å². The quantitative estimate of drug-likeness (QED) is 0.729. The fourth-order valence-electron chi connectivity index (χ4n) is 1.81. The Balaban J connectivity index is 2.27. The zero-order valence-corrected chi connectivity index (χ0v) is 9.18. The van der Waals surface area contributed by atoms with Gasteiger partial charge in [0.2, 0.25) is 0 Å². The molecule has 0 aromatic carbocycles. The van der Waals surface area contributed by atoms with Crippen molar-refractivity contribution in [2.24, 2.45) is 0 Å². The summed E-state index contributed by atoms with van der Waals surface area (Å²) in [7, 11) is 0. The van der Waals surface area contributed by atoms with E-state index in [1.165, 1.54) is 0 Å². The third-order valence-corrected chi connectivity index (χ3v) is 2.90. The zero-order valence-electron chi connectivity index (χ0n) is 9.18. The maximum absolute atomic E-state index is 8.60. The Morgan fingerprint density at radius 1 is 1.64 bits per heavy atom. The van der Waals surface area contributed by atoms with E-state index in [0.29, 0.717) is 12.5 Å². The summed E-state index contributed by atoms with van der Waals surface area (Å²) in [4.78, 5) is 0. The molecule has 0 bridgehead atoms. The molecule has 1 rings (SSSR count). The lowest BCUT2D eigenvalue weighted by Gasteiger charge is -2.26. The Bertz CT molecular complexity index is 204. The Hall–Kier alpha value is -0.590. The molecule has 2 atom stereocenters. The minimum atomic E-state index is 0.00285. The minimum Gasteiger partial charge on any atom is -0.374 e. The lowest BCUT2D eigenvalue weighted by atomic mass is 10.0. The average molecular weight is 196 g/mol. The number of nitrogens with one attached hydrogen (secondary N) is 1. The third-order valence-electron chi connectivity index (χ3n) is 2.90. The molecule has 1 N–H and O–H groups in total. The van der Waals surface area contributed by atoms with E-state index in [0.717, 1.165) is 32.4 Å². The van der Waals surface area contributed by atoms with Crippen molar-refractivity contribution in [3.05, 3.63) is 0 Å². The molecule has 0 aromatic rings. The Morgan fingerprint density at radius 2 is 2.43 bits per heavy atom. The molecule has 1 saturated heterocycles. The van der Waals surface area contributed by atoms with E-state index in [-0.39, 0.29) is 5.60 Å². The number of hydrogen-bond acceptors (Lipinski definition) is 3. The summed E-state index contributed by atoms with van der Waals surface area (Å²) in [5.41, 5.74) is 0.00285. The maximum Gasteiger partial charge on any atom is 0.0779 e. The number of hydrogen-bond donors (Lipinski definition) is 1. The van der Waals surface area contributed by atoms with Crippen molar-refractivity contribution < 1.29 is 4.74 Å². The Morgan fingerprint density at radius 3 is 2.93 bits per heavy atom. The molecule has 0 aliphatic carbocycles. The van der Waals surface area contributed by atoms with Gasteiger partial charge in [-0.25, -0.2) is 0 Å². The predicted octanol–water partition coefficient (Wildman–Crippen LogP) is 1.84. The highest BCUT2D eigenvalue weighted by Gasteiger charge is 2.29. The van der Waals surface area contributed by atoms with E-state index < -0.39 is 0 Å².